The maximum absolute atomic E-state index is 12.9. The second kappa shape index (κ2) is 7.34. The number of amides is 5. The maximum Gasteiger partial charge on any atom is 0.334 e. The minimum atomic E-state index is -0.859. The normalized spacial score (nSPS) is 40.4. The van der Waals surface area contributed by atoms with Crippen molar-refractivity contribution in [3.8, 4) is 0 Å². The van der Waals surface area contributed by atoms with Gasteiger partial charge >= 0.3 is 17.8 Å². The number of urea groups is 1. The van der Waals surface area contributed by atoms with E-state index in [0.717, 1.165) is 53.2 Å². The quantitative estimate of drug-likeness (QED) is 0.552. The van der Waals surface area contributed by atoms with Crippen molar-refractivity contribution in [1.82, 2.24) is 15.1 Å². The smallest absolute Gasteiger partial charge is 0.334 e. The minimum absolute atomic E-state index is 0.185. The molecule has 0 aromatic carbocycles. The van der Waals surface area contributed by atoms with Crippen LogP contribution < -0.4 is 5.32 Å². The van der Waals surface area contributed by atoms with Gasteiger partial charge in [-0.05, 0) is 80.5 Å². The topological polar surface area (TPSA) is 86.8 Å². The molecule has 7 heteroatoms. The first-order valence-electron chi connectivity index (χ1n) is 11.8. The summed E-state index contributed by atoms with van der Waals surface area (Å²) in [5.41, 5.74) is 0.197. The Labute approximate surface area is 177 Å². The van der Waals surface area contributed by atoms with Gasteiger partial charge in [0.15, 0.2) is 0 Å². The van der Waals surface area contributed by atoms with Crippen molar-refractivity contribution in [3.05, 3.63) is 0 Å². The van der Waals surface area contributed by atoms with Gasteiger partial charge in [0.2, 0.25) is 5.91 Å². The van der Waals surface area contributed by atoms with Crippen LogP contribution in [-0.2, 0) is 14.4 Å². The third kappa shape index (κ3) is 3.34. The largest absolute Gasteiger partial charge is 0.354 e. The second-order valence-electron chi connectivity index (χ2n) is 10.9. The van der Waals surface area contributed by atoms with E-state index in [4.69, 9.17) is 0 Å². The van der Waals surface area contributed by atoms with Crippen molar-refractivity contribution in [2.45, 2.75) is 77.2 Å². The molecular weight excluding hydrogens is 382 g/mol. The highest BCUT2D eigenvalue weighted by Gasteiger charge is 2.52. The summed E-state index contributed by atoms with van der Waals surface area (Å²) < 4.78 is 0. The first kappa shape index (κ1) is 20.0. The highest BCUT2D eigenvalue weighted by atomic mass is 16.2. The maximum atomic E-state index is 12.9. The van der Waals surface area contributed by atoms with E-state index in [9.17, 15) is 19.2 Å². The Morgan fingerprint density at radius 2 is 1.57 bits per heavy atom. The summed E-state index contributed by atoms with van der Waals surface area (Å²) in [5.74, 6) is 0.633. The van der Waals surface area contributed by atoms with Gasteiger partial charge in [0, 0.05) is 12.6 Å². The third-order valence-electron chi connectivity index (χ3n) is 8.61. The van der Waals surface area contributed by atoms with Gasteiger partial charge in [-0.3, -0.25) is 19.3 Å². The summed E-state index contributed by atoms with van der Waals surface area (Å²) >= 11 is 0. The summed E-state index contributed by atoms with van der Waals surface area (Å²) in [5, 5.41) is 3.01. The Morgan fingerprint density at radius 3 is 2.17 bits per heavy atom. The van der Waals surface area contributed by atoms with Crippen molar-refractivity contribution >= 4 is 23.8 Å². The number of rotatable bonds is 5. The molecule has 1 aliphatic heterocycles. The van der Waals surface area contributed by atoms with E-state index in [2.05, 4.69) is 5.32 Å². The molecule has 4 bridgehead atoms. The highest BCUT2D eigenvalue weighted by Crippen LogP contribution is 2.59. The molecule has 1 saturated heterocycles. The van der Waals surface area contributed by atoms with Crippen LogP contribution in [0.5, 0.6) is 0 Å². The molecule has 0 unspecified atom stereocenters. The fourth-order valence-corrected chi connectivity index (χ4v) is 7.63. The van der Waals surface area contributed by atoms with E-state index in [1.54, 1.807) is 0 Å². The summed E-state index contributed by atoms with van der Waals surface area (Å²) in [6.45, 7) is 2.30. The molecule has 5 saturated carbocycles. The molecule has 2 atom stereocenters. The lowest BCUT2D eigenvalue weighted by atomic mass is 9.49. The molecule has 7 nitrogen and oxygen atoms in total. The van der Waals surface area contributed by atoms with Gasteiger partial charge < -0.3 is 5.32 Å². The van der Waals surface area contributed by atoms with E-state index in [1.165, 1.54) is 38.5 Å². The van der Waals surface area contributed by atoms with Gasteiger partial charge in [-0.15, -0.1) is 0 Å². The molecule has 6 rings (SSSR count). The molecule has 0 radical (unpaired) electrons. The van der Waals surface area contributed by atoms with Crippen LogP contribution in [0.1, 0.15) is 71.1 Å². The molecule has 164 valence electrons. The van der Waals surface area contributed by atoms with E-state index in [-0.39, 0.29) is 29.8 Å². The number of imide groups is 2. The molecule has 5 aliphatic carbocycles. The Bertz CT molecular complexity index is 743. The van der Waals surface area contributed by atoms with Crippen LogP contribution in [0, 0.1) is 29.1 Å². The van der Waals surface area contributed by atoms with E-state index < -0.39 is 17.8 Å². The van der Waals surface area contributed by atoms with Crippen molar-refractivity contribution in [3.63, 3.8) is 0 Å². The predicted molar refractivity (Wildman–Crippen MR) is 109 cm³/mol. The fraction of sp³-hybridized carbons (Fsp3) is 0.826. The molecular formula is C23H33N3O4. The fourth-order valence-electron chi connectivity index (χ4n) is 7.63. The SMILES string of the molecule is C[C@@H]1CCCC[C@H]1N1C(=O)C(=O)N(CC(=O)NCC23CC4CC(CC(C4)C2)C3)C1=O. The summed E-state index contributed by atoms with van der Waals surface area (Å²) in [6.07, 6.45) is 11.3. The van der Waals surface area contributed by atoms with Gasteiger partial charge in [0.05, 0.1) is 0 Å². The van der Waals surface area contributed by atoms with E-state index in [1.807, 2.05) is 6.92 Å². The summed E-state index contributed by atoms with van der Waals surface area (Å²) in [4.78, 5) is 52.5. The predicted octanol–water partition coefficient (Wildman–Crippen LogP) is 2.69. The highest BCUT2D eigenvalue weighted by molar-refractivity contribution is 6.45. The van der Waals surface area contributed by atoms with Crippen LogP contribution in [0.2, 0.25) is 0 Å². The lowest BCUT2D eigenvalue weighted by Gasteiger charge is -2.56. The molecule has 1 heterocycles. The molecule has 0 spiro atoms. The van der Waals surface area contributed by atoms with Gasteiger partial charge in [-0.2, -0.15) is 0 Å². The van der Waals surface area contributed by atoms with E-state index in [0.29, 0.717) is 6.54 Å². The van der Waals surface area contributed by atoms with Crippen molar-refractivity contribution in [1.29, 1.82) is 0 Å². The van der Waals surface area contributed by atoms with Crippen LogP contribution in [0.25, 0.3) is 0 Å². The zero-order valence-electron chi connectivity index (χ0n) is 17.9. The Hall–Kier alpha value is -1.92. The van der Waals surface area contributed by atoms with Crippen LogP contribution in [-0.4, -0.2) is 52.7 Å². The number of carbonyl (C=O) groups excluding carboxylic acids is 4. The minimum Gasteiger partial charge on any atom is -0.354 e. The number of nitrogens with zero attached hydrogens (tertiary/aromatic N) is 2. The third-order valence-corrected chi connectivity index (χ3v) is 8.61. The van der Waals surface area contributed by atoms with Crippen molar-refractivity contribution in [2.75, 3.05) is 13.1 Å². The van der Waals surface area contributed by atoms with Crippen LogP contribution in [0.4, 0.5) is 4.79 Å². The standard InChI is InChI=1S/C23H33N3O4/c1-14-4-2-3-5-18(14)26-21(29)20(28)25(22(26)30)12-19(27)24-13-23-9-15-6-16(10-23)8-17(7-15)11-23/h14-18H,2-13H2,1H3,(H,24,27)/t14-,15?,16?,17?,18-,23?/m1/s1. The van der Waals surface area contributed by atoms with Crippen molar-refractivity contribution in [2.24, 2.45) is 29.1 Å². The number of hydrogen-bond acceptors (Lipinski definition) is 4. The zero-order valence-corrected chi connectivity index (χ0v) is 17.9. The molecule has 6 fully saturated rings. The number of hydrogen-bond donors (Lipinski definition) is 1. The first-order chi connectivity index (χ1) is 14.3. The van der Waals surface area contributed by atoms with Gasteiger partial charge in [0.25, 0.3) is 0 Å². The second-order valence-corrected chi connectivity index (χ2v) is 10.9. The van der Waals surface area contributed by atoms with Crippen LogP contribution >= 0.6 is 0 Å². The Morgan fingerprint density at radius 1 is 0.967 bits per heavy atom. The van der Waals surface area contributed by atoms with Gasteiger partial charge in [-0.25, -0.2) is 9.69 Å². The average molecular weight is 416 g/mol. The molecule has 0 aromatic heterocycles. The lowest BCUT2D eigenvalue weighted by Crippen LogP contribution is -2.52. The summed E-state index contributed by atoms with van der Waals surface area (Å²) in [6, 6.07) is -0.850. The average Bonchev–Trinajstić information content (AvgIpc) is 2.89. The molecule has 0 aromatic rings. The Kier molecular flexibility index (Phi) is 4.90. The molecule has 6 aliphatic rings. The first-order valence-corrected chi connectivity index (χ1v) is 11.8. The number of carbonyl (C=O) groups is 4. The van der Waals surface area contributed by atoms with E-state index >= 15 is 0 Å². The summed E-state index contributed by atoms with van der Waals surface area (Å²) in [7, 11) is 0. The monoisotopic (exact) mass is 415 g/mol. The molecule has 1 N–H and O–H groups in total. The molecule has 5 amide bonds. The van der Waals surface area contributed by atoms with Crippen LogP contribution in [0.3, 0.4) is 0 Å². The Balaban J connectivity index is 1.20. The van der Waals surface area contributed by atoms with Crippen LogP contribution in [0.15, 0.2) is 0 Å². The van der Waals surface area contributed by atoms with Crippen molar-refractivity contribution < 1.29 is 19.2 Å². The number of nitrogens with one attached hydrogen (secondary N) is 1. The lowest BCUT2D eigenvalue weighted by molar-refractivity contribution is -0.145. The van der Waals surface area contributed by atoms with Gasteiger partial charge in [-0.1, -0.05) is 19.8 Å². The molecule has 30 heavy (non-hydrogen) atoms. The van der Waals surface area contributed by atoms with Gasteiger partial charge in [0.1, 0.15) is 6.54 Å². The zero-order chi connectivity index (χ0) is 21.0.